The molecule has 1 N–H and O–H groups in total. The van der Waals surface area contributed by atoms with Crippen molar-refractivity contribution in [2.75, 3.05) is 12.8 Å². The van der Waals surface area contributed by atoms with Crippen molar-refractivity contribution in [3.05, 3.63) is 23.4 Å². The molecule has 19 heavy (non-hydrogen) atoms. The number of nitrogens with zero attached hydrogens (tertiary/aromatic N) is 2. The summed E-state index contributed by atoms with van der Waals surface area (Å²) in [7, 11) is 1.89. The Morgan fingerprint density at radius 1 is 1.68 bits per heavy atom. The van der Waals surface area contributed by atoms with Gasteiger partial charge in [-0.25, -0.2) is 4.98 Å². The maximum atomic E-state index is 9.39. The topological polar surface area (TPSA) is 48.7 Å². The summed E-state index contributed by atoms with van der Waals surface area (Å²) in [4.78, 5) is 4.27. The molecule has 3 nitrogen and oxygen atoms in total. The van der Waals surface area contributed by atoms with Gasteiger partial charge in [0.25, 0.3) is 0 Å². The van der Waals surface area contributed by atoms with E-state index in [4.69, 9.17) is 11.6 Å². The number of rotatable bonds is 5. The largest absolute Gasteiger partial charge is 0.302 e. The number of nitriles is 1. The predicted octanol–water partition coefficient (Wildman–Crippen LogP) is 3.50. The van der Waals surface area contributed by atoms with Crippen molar-refractivity contribution in [3.8, 4) is 6.07 Å². The van der Waals surface area contributed by atoms with Crippen LogP contribution < -0.4 is 5.32 Å². The summed E-state index contributed by atoms with van der Waals surface area (Å²) in [5.74, 6) is 1.38. The SMILES string of the molecule is CNC1(C#N)CCCC1CCSc1ncccc1Cl. The molecule has 0 saturated heterocycles. The van der Waals surface area contributed by atoms with Crippen LogP contribution in [0.1, 0.15) is 25.7 Å². The number of hydrogen-bond acceptors (Lipinski definition) is 4. The van der Waals surface area contributed by atoms with E-state index in [-0.39, 0.29) is 5.54 Å². The van der Waals surface area contributed by atoms with Gasteiger partial charge in [-0.3, -0.25) is 0 Å². The van der Waals surface area contributed by atoms with Crippen LogP contribution in [0.25, 0.3) is 0 Å². The number of hydrogen-bond donors (Lipinski definition) is 1. The molecule has 0 aliphatic heterocycles. The van der Waals surface area contributed by atoms with Crippen LogP contribution in [-0.4, -0.2) is 23.3 Å². The first-order valence-corrected chi connectivity index (χ1v) is 7.91. The third kappa shape index (κ3) is 3.22. The fourth-order valence-electron chi connectivity index (χ4n) is 2.78. The van der Waals surface area contributed by atoms with Crippen LogP contribution in [0.5, 0.6) is 0 Å². The summed E-state index contributed by atoms with van der Waals surface area (Å²) in [6, 6.07) is 6.17. The zero-order chi connectivity index (χ0) is 13.7. The van der Waals surface area contributed by atoms with Crippen LogP contribution in [0.4, 0.5) is 0 Å². The lowest BCUT2D eigenvalue weighted by atomic mass is 9.87. The average Bonchev–Trinajstić information content (AvgIpc) is 2.84. The monoisotopic (exact) mass is 295 g/mol. The Kier molecular flexibility index (Phi) is 5.09. The second-order valence-corrected chi connectivity index (χ2v) is 6.34. The van der Waals surface area contributed by atoms with Gasteiger partial charge in [0.15, 0.2) is 0 Å². The molecule has 2 rings (SSSR count). The van der Waals surface area contributed by atoms with Crippen LogP contribution >= 0.6 is 23.4 Å². The molecule has 1 aliphatic carbocycles. The molecule has 1 aromatic rings. The highest BCUT2D eigenvalue weighted by Gasteiger charge is 2.41. The van der Waals surface area contributed by atoms with Gasteiger partial charge in [0.1, 0.15) is 10.6 Å². The van der Waals surface area contributed by atoms with Crippen molar-refractivity contribution in [1.82, 2.24) is 10.3 Å². The Hall–Kier alpha value is -0.760. The fraction of sp³-hybridized carbons (Fsp3) is 0.571. The number of halogens is 1. The molecule has 0 bridgehead atoms. The number of pyridine rings is 1. The lowest BCUT2D eigenvalue weighted by Gasteiger charge is -2.28. The molecule has 1 fully saturated rings. The second kappa shape index (κ2) is 6.60. The Morgan fingerprint density at radius 3 is 3.21 bits per heavy atom. The Bertz CT molecular complexity index is 474. The van der Waals surface area contributed by atoms with Gasteiger partial charge < -0.3 is 5.32 Å². The van der Waals surface area contributed by atoms with Gasteiger partial charge in [-0.1, -0.05) is 18.0 Å². The van der Waals surface area contributed by atoms with E-state index in [1.54, 1.807) is 18.0 Å². The quantitative estimate of drug-likeness (QED) is 0.845. The van der Waals surface area contributed by atoms with Crippen LogP contribution in [-0.2, 0) is 0 Å². The first-order valence-electron chi connectivity index (χ1n) is 6.55. The van der Waals surface area contributed by atoms with E-state index in [9.17, 15) is 5.26 Å². The van der Waals surface area contributed by atoms with E-state index in [1.165, 1.54) is 0 Å². The molecular formula is C14H18ClN3S. The Labute approximate surface area is 123 Å². The van der Waals surface area contributed by atoms with Gasteiger partial charge >= 0.3 is 0 Å². The van der Waals surface area contributed by atoms with Gasteiger partial charge in [-0.05, 0) is 50.1 Å². The second-order valence-electron chi connectivity index (χ2n) is 4.85. The van der Waals surface area contributed by atoms with Crippen LogP contribution in [0.3, 0.4) is 0 Å². The van der Waals surface area contributed by atoms with Crippen LogP contribution in [0, 0.1) is 17.2 Å². The summed E-state index contributed by atoms with van der Waals surface area (Å²) >= 11 is 7.76. The fourth-order valence-corrected chi connectivity index (χ4v) is 4.00. The molecule has 0 spiro atoms. The van der Waals surface area contributed by atoms with E-state index >= 15 is 0 Å². The van der Waals surface area contributed by atoms with Crippen molar-refractivity contribution in [2.45, 2.75) is 36.2 Å². The summed E-state index contributed by atoms with van der Waals surface area (Å²) < 4.78 is 0. The molecule has 1 aliphatic rings. The first kappa shape index (κ1) is 14.6. The lowest BCUT2D eigenvalue weighted by Crippen LogP contribution is -2.44. The molecule has 1 heterocycles. The van der Waals surface area contributed by atoms with Gasteiger partial charge in [-0.15, -0.1) is 11.8 Å². The maximum absolute atomic E-state index is 9.39. The molecule has 2 unspecified atom stereocenters. The average molecular weight is 296 g/mol. The summed E-state index contributed by atoms with van der Waals surface area (Å²) in [6.07, 6.45) is 6.00. The molecule has 2 atom stereocenters. The van der Waals surface area contributed by atoms with E-state index < -0.39 is 0 Å². The summed E-state index contributed by atoms with van der Waals surface area (Å²) in [5.41, 5.74) is -0.325. The van der Waals surface area contributed by atoms with Crippen molar-refractivity contribution in [2.24, 2.45) is 5.92 Å². The van der Waals surface area contributed by atoms with E-state index in [0.29, 0.717) is 10.9 Å². The highest BCUT2D eigenvalue weighted by molar-refractivity contribution is 7.99. The summed E-state index contributed by atoms with van der Waals surface area (Å²) in [6.45, 7) is 0. The minimum atomic E-state index is -0.325. The lowest BCUT2D eigenvalue weighted by molar-refractivity contribution is 0.332. The van der Waals surface area contributed by atoms with Crippen LogP contribution in [0.15, 0.2) is 23.4 Å². The minimum absolute atomic E-state index is 0.325. The Balaban J connectivity index is 1.90. The zero-order valence-electron chi connectivity index (χ0n) is 11.0. The molecule has 102 valence electrons. The first-order chi connectivity index (χ1) is 9.22. The predicted molar refractivity (Wildman–Crippen MR) is 79.3 cm³/mol. The van der Waals surface area contributed by atoms with Crippen molar-refractivity contribution >= 4 is 23.4 Å². The smallest absolute Gasteiger partial charge is 0.115 e. The summed E-state index contributed by atoms with van der Waals surface area (Å²) in [5, 5.41) is 14.2. The molecule has 1 saturated carbocycles. The highest BCUT2D eigenvalue weighted by Crippen LogP contribution is 2.38. The van der Waals surface area contributed by atoms with Crippen molar-refractivity contribution in [1.29, 1.82) is 5.26 Å². The molecule has 0 amide bonds. The van der Waals surface area contributed by atoms with Gasteiger partial charge in [0.2, 0.25) is 0 Å². The minimum Gasteiger partial charge on any atom is -0.302 e. The highest BCUT2D eigenvalue weighted by atomic mass is 35.5. The maximum Gasteiger partial charge on any atom is 0.115 e. The third-order valence-electron chi connectivity index (χ3n) is 3.90. The van der Waals surface area contributed by atoms with E-state index in [0.717, 1.165) is 36.5 Å². The molecule has 0 aromatic carbocycles. The van der Waals surface area contributed by atoms with Crippen molar-refractivity contribution < 1.29 is 0 Å². The number of nitrogens with one attached hydrogen (secondary N) is 1. The van der Waals surface area contributed by atoms with E-state index in [1.807, 2.05) is 19.2 Å². The van der Waals surface area contributed by atoms with E-state index in [2.05, 4.69) is 16.4 Å². The zero-order valence-corrected chi connectivity index (χ0v) is 12.6. The van der Waals surface area contributed by atoms with Gasteiger partial charge in [0, 0.05) is 6.20 Å². The van der Waals surface area contributed by atoms with Gasteiger partial charge in [0.05, 0.1) is 11.1 Å². The third-order valence-corrected chi connectivity index (χ3v) is 5.35. The normalized spacial score (nSPS) is 26.3. The van der Waals surface area contributed by atoms with Crippen LogP contribution in [0.2, 0.25) is 5.02 Å². The van der Waals surface area contributed by atoms with Gasteiger partial charge in [-0.2, -0.15) is 5.26 Å². The molecule has 5 heteroatoms. The standard InChI is InChI=1S/C14H18ClN3S/c1-17-14(10-16)7-2-4-11(14)6-9-19-13-12(15)5-3-8-18-13/h3,5,8,11,17H,2,4,6-7,9H2,1H3. The number of thioether (sulfide) groups is 1. The number of aromatic nitrogens is 1. The molecule has 1 aromatic heterocycles. The molecule has 0 radical (unpaired) electrons. The van der Waals surface area contributed by atoms with Crippen molar-refractivity contribution in [3.63, 3.8) is 0 Å². The molecular weight excluding hydrogens is 278 g/mol. The Morgan fingerprint density at radius 2 is 2.53 bits per heavy atom.